The summed E-state index contributed by atoms with van der Waals surface area (Å²) in [6, 6.07) is 7.82. The summed E-state index contributed by atoms with van der Waals surface area (Å²) in [5, 5.41) is 2.84. The number of anilines is 2. The lowest BCUT2D eigenvalue weighted by atomic mass is 10.2. The third-order valence-electron chi connectivity index (χ3n) is 3.17. The van der Waals surface area contributed by atoms with Crippen LogP contribution in [-0.2, 0) is 19.0 Å². The van der Waals surface area contributed by atoms with Gasteiger partial charge in [0.1, 0.15) is 6.61 Å². The van der Waals surface area contributed by atoms with Crippen molar-refractivity contribution in [3.05, 3.63) is 24.3 Å². The standard InChI is InChI=1S/C15H22N2O4/c1-19-9-10-21-12-15(18)16-13-3-2-4-14(11-13)17-5-7-20-8-6-17/h2-4,11H,5-10,12H2,1H3,(H,16,18). The summed E-state index contributed by atoms with van der Waals surface area (Å²) in [4.78, 5) is 14.0. The molecule has 116 valence electrons. The normalized spacial score (nSPS) is 15.0. The van der Waals surface area contributed by atoms with Crippen LogP contribution in [0.1, 0.15) is 0 Å². The van der Waals surface area contributed by atoms with E-state index in [1.165, 1.54) is 0 Å². The molecule has 6 heteroatoms. The number of carbonyl (C=O) groups is 1. The topological polar surface area (TPSA) is 60.0 Å². The smallest absolute Gasteiger partial charge is 0.250 e. The minimum Gasteiger partial charge on any atom is -0.382 e. The number of hydrogen-bond acceptors (Lipinski definition) is 5. The van der Waals surface area contributed by atoms with Gasteiger partial charge in [-0.05, 0) is 18.2 Å². The maximum atomic E-state index is 11.8. The van der Waals surface area contributed by atoms with E-state index in [4.69, 9.17) is 14.2 Å². The Morgan fingerprint density at radius 1 is 1.33 bits per heavy atom. The van der Waals surface area contributed by atoms with Gasteiger partial charge >= 0.3 is 0 Å². The SMILES string of the molecule is COCCOCC(=O)Nc1cccc(N2CCOCC2)c1. The highest BCUT2D eigenvalue weighted by atomic mass is 16.5. The Balaban J connectivity index is 1.84. The largest absolute Gasteiger partial charge is 0.382 e. The van der Waals surface area contributed by atoms with E-state index in [1.54, 1.807) is 7.11 Å². The first-order valence-corrected chi connectivity index (χ1v) is 7.09. The Bertz CT molecular complexity index is 447. The number of nitrogens with zero attached hydrogens (tertiary/aromatic N) is 1. The molecule has 0 saturated carbocycles. The van der Waals surface area contributed by atoms with Crippen molar-refractivity contribution in [2.75, 3.05) is 63.5 Å². The van der Waals surface area contributed by atoms with Crippen LogP contribution in [0.5, 0.6) is 0 Å². The van der Waals surface area contributed by atoms with Crippen molar-refractivity contribution in [1.29, 1.82) is 0 Å². The van der Waals surface area contributed by atoms with Crippen LogP contribution in [0.4, 0.5) is 11.4 Å². The molecule has 1 saturated heterocycles. The summed E-state index contributed by atoms with van der Waals surface area (Å²) >= 11 is 0. The lowest BCUT2D eigenvalue weighted by Crippen LogP contribution is -2.36. The van der Waals surface area contributed by atoms with Crippen LogP contribution < -0.4 is 10.2 Å². The molecule has 2 rings (SSSR count). The molecule has 6 nitrogen and oxygen atoms in total. The van der Waals surface area contributed by atoms with E-state index in [0.29, 0.717) is 13.2 Å². The van der Waals surface area contributed by atoms with Gasteiger partial charge in [-0.15, -0.1) is 0 Å². The second kappa shape index (κ2) is 8.61. The highest BCUT2D eigenvalue weighted by molar-refractivity contribution is 5.92. The van der Waals surface area contributed by atoms with Crippen molar-refractivity contribution in [3.63, 3.8) is 0 Å². The first-order valence-electron chi connectivity index (χ1n) is 7.09. The summed E-state index contributed by atoms with van der Waals surface area (Å²) in [7, 11) is 1.60. The molecule has 1 aliphatic heterocycles. The minimum atomic E-state index is -0.162. The molecule has 1 amide bonds. The van der Waals surface area contributed by atoms with Crippen molar-refractivity contribution in [2.24, 2.45) is 0 Å². The van der Waals surface area contributed by atoms with E-state index in [0.717, 1.165) is 37.7 Å². The number of morpholine rings is 1. The van der Waals surface area contributed by atoms with Crippen molar-refractivity contribution in [1.82, 2.24) is 0 Å². The lowest BCUT2D eigenvalue weighted by Gasteiger charge is -2.29. The summed E-state index contributed by atoms with van der Waals surface area (Å²) in [5.74, 6) is -0.162. The maximum absolute atomic E-state index is 11.8. The molecule has 1 fully saturated rings. The van der Waals surface area contributed by atoms with Gasteiger partial charge in [0.15, 0.2) is 0 Å². The van der Waals surface area contributed by atoms with E-state index in [1.807, 2.05) is 24.3 Å². The molecular formula is C15H22N2O4. The van der Waals surface area contributed by atoms with Crippen molar-refractivity contribution < 1.29 is 19.0 Å². The zero-order chi connectivity index (χ0) is 14.9. The Morgan fingerprint density at radius 2 is 2.14 bits per heavy atom. The van der Waals surface area contributed by atoms with E-state index >= 15 is 0 Å². The van der Waals surface area contributed by atoms with Crippen molar-refractivity contribution in [3.8, 4) is 0 Å². The first-order chi connectivity index (χ1) is 10.3. The van der Waals surface area contributed by atoms with E-state index in [-0.39, 0.29) is 12.5 Å². The molecule has 0 aromatic heterocycles. The fraction of sp³-hybridized carbons (Fsp3) is 0.533. The van der Waals surface area contributed by atoms with E-state index in [2.05, 4.69) is 10.2 Å². The molecule has 0 unspecified atom stereocenters. The molecule has 1 aromatic rings. The highest BCUT2D eigenvalue weighted by Crippen LogP contribution is 2.20. The summed E-state index contributed by atoms with van der Waals surface area (Å²) < 4.78 is 15.4. The maximum Gasteiger partial charge on any atom is 0.250 e. The van der Waals surface area contributed by atoms with Crippen LogP contribution in [0.3, 0.4) is 0 Å². The second-order valence-corrected chi connectivity index (χ2v) is 4.74. The number of ether oxygens (including phenoxy) is 3. The summed E-state index contributed by atoms with van der Waals surface area (Å²) in [6.07, 6.45) is 0. The summed E-state index contributed by atoms with van der Waals surface area (Å²) in [6.45, 7) is 4.16. The first kappa shape index (κ1) is 15.8. The Morgan fingerprint density at radius 3 is 2.90 bits per heavy atom. The molecule has 0 spiro atoms. The average molecular weight is 294 g/mol. The highest BCUT2D eigenvalue weighted by Gasteiger charge is 2.11. The molecule has 1 aliphatic rings. The number of carbonyl (C=O) groups excluding carboxylic acids is 1. The number of amides is 1. The van der Waals surface area contributed by atoms with Gasteiger partial charge in [-0.2, -0.15) is 0 Å². The van der Waals surface area contributed by atoms with Gasteiger partial charge < -0.3 is 24.4 Å². The minimum absolute atomic E-state index is 0.0329. The fourth-order valence-electron chi connectivity index (χ4n) is 2.11. The van der Waals surface area contributed by atoms with Gasteiger partial charge in [-0.3, -0.25) is 4.79 Å². The van der Waals surface area contributed by atoms with Crippen LogP contribution in [-0.4, -0.2) is 59.1 Å². The van der Waals surface area contributed by atoms with Gasteiger partial charge in [0, 0.05) is 31.6 Å². The van der Waals surface area contributed by atoms with E-state index in [9.17, 15) is 4.79 Å². The van der Waals surface area contributed by atoms with Crippen LogP contribution in [0.2, 0.25) is 0 Å². The molecule has 0 atom stereocenters. The molecule has 0 radical (unpaired) electrons. The van der Waals surface area contributed by atoms with Crippen LogP contribution >= 0.6 is 0 Å². The number of nitrogens with one attached hydrogen (secondary N) is 1. The average Bonchev–Trinajstić information content (AvgIpc) is 2.53. The fourth-order valence-corrected chi connectivity index (χ4v) is 2.11. The molecule has 0 aliphatic carbocycles. The monoisotopic (exact) mass is 294 g/mol. The Hall–Kier alpha value is -1.63. The van der Waals surface area contributed by atoms with Crippen molar-refractivity contribution >= 4 is 17.3 Å². The zero-order valence-electron chi connectivity index (χ0n) is 12.3. The molecule has 1 heterocycles. The quantitative estimate of drug-likeness (QED) is 0.764. The number of rotatable bonds is 7. The number of benzene rings is 1. The third kappa shape index (κ3) is 5.34. The van der Waals surface area contributed by atoms with Crippen LogP contribution in [0.25, 0.3) is 0 Å². The number of hydrogen-bond donors (Lipinski definition) is 1. The van der Waals surface area contributed by atoms with Gasteiger partial charge in [-0.1, -0.05) is 6.07 Å². The lowest BCUT2D eigenvalue weighted by molar-refractivity contribution is -0.121. The predicted octanol–water partition coefficient (Wildman–Crippen LogP) is 1.12. The van der Waals surface area contributed by atoms with Crippen LogP contribution in [0, 0.1) is 0 Å². The molecule has 0 bridgehead atoms. The molecular weight excluding hydrogens is 272 g/mol. The Kier molecular flexibility index (Phi) is 6.46. The van der Waals surface area contributed by atoms with Gasteiger partial charge in [0.25, 0.3) is 0 Å². The predicted molar refractivity (Wildman–Crippen MR) is 80.8 cm³/mol. The summed E-state index contributed by atoms with van der Waals surface area (Å²) in [5.41, 5.74) is 1.87. The van der Waals surface area contributed by atoms with Crippen molar-refractivity contribution in [2.45, 2.75) is 0 Å². The van der Waals surface area contributed by atoms with Gasteiger partial charge in [-0.25, -0.2) is 0 Å². The Labute approximate surface area is 125 Å². The molecule has 1 N–H and O–H groups in total. The third-order valence-corrected chi connectivity index (χ3v) is 3.17. The number of methoxy groups -OCH3 is 1. The molecule has 21 heavy (non-hydrogen) atoms. The molecule has 1 aromatic carbocycles. The van der Waals surface area contributed by atoms with Gasteiger partial charge in [0.05, 0.1) is 26.4 Å². The zero-order valence-corrected chi connectivity index (χ0v) is 12.3. The van der Waals surface area contributed by atoms with Gasteiger partial charge in [0.2, 0.25) is 5.91 Å². The van der Waals surface area contributed by atoms with Crippen LogP contribution in [0.15, 0.2) is 24.3 Å². The second-order valence-electron chi connectivity index (χ2n) is 4.74. The van der Waals surface area contributed by atoms with E-state index < -0.39 is 0 Å².